The highest BCUT2D eigenvalue weighted by Gasteiger charge is 2.03. The maximum atomic E-state index is 5.93. The topological polar surface area (TPSA) is 35.2 Å². The summed E-state index contributed by atoms with van der Waals surface area (Å²) in [6.45, 7) is 0.555. The van der Waals surface area contributed by atoms with Gasteiger partial charge in [0, 0.05) is 11.9 Å². The highest BCUT2D eigenvalue weighted by molar-refractivity contribution is 5.89. The van der Waals surface area contributed by atoms with Crippen LogP contribution in [0.1, 0.15) is 5.56 Å². The van der Waals surface area contributed by atoms with E-state index < -0.39 is 0 Å². The lowest BCUT2D eigenvalue weighted by Crippen LogP contribution is -1.95. The van der Waals surface area contributed by atoms with Gasteiger partial charge in [0.25, 0.3) is 0 Å². The predicted molar refractivity (Wildman–Crippen MR) is 78.4 cm³/mol. The zero-order valence-corrected chi connectivity index (χ0v) is 10.5. The van der Waals surface area contributed by atoms with Gasteiger partial charge in [-0.15, -0.1) is 0 Å². The minimum atomic E-state index is 0.555. The molecule has 0 aromatic heterocycles. The number of rotatable bonds is 3. The second kappa shape index (κ2) is 5.12. The summed E-state index contributed by atoms with van der Waals surface area (Å²) in [5.41, 5.74) is 6.80. The smallest absolute Gasteiger partial charge is 0.135 e. The lowest BCUT2D eigenvalue weighted by molar-refractivity contribution is 0.488. The fourth-order valence-corrected chi connectivity index (χ4v) is 2.13. The molecule has 0 unspecified atom stereocenters. The molecular formula is C17H15NO. The summed E-state index contributed by atoms with van der Waals surface area (Å²) in [6.07, 6.45) is 0. The van der Waals surface area contributed by atoms with Crippen molar-refractivity contribution in [3.05, 3.63) is 72.3 Å². The van der Waals surface area contributed by atoms with E-state index in [0.29, 0.717) is 6.54 Å². The monoisotopic (exact) mass is 249 g/mol. The average molecular weight is 249 g/mol. The molecule has 0 fully saturated rings. The maximum absolute atomic E-state index is 5.93. The molecule has 0 radical (unpaired) electrons. The number of ether oxygens (including phenoxy) is 1. The molecule has 0 spiro atoms. The number of hydrogen-bond donors (Lipinski definition) is 1. The van der Waals surface area contributed by atoms with E-state index in [1.54, 1.807) is 0 Å². The number of para-hydroxylation sites is 1. The predicted octanol–water partition coefficient (Wildman–Crippen LogP) is 4.09. The molecule has 0 saturated heterocycles. The Morgan fingerprint density at radius 2 is 1.68 bits per heavy atom. The summed E-state index contributed by atoms with van der Waals surface area (Å²) >= 11 is 0. The molecule has 0 aliphatic heterocycles. The van der Waals surface area contributed by atoms with Crippen LogP contribution in [0, 0.1) is 0 Å². The van der Waals surface area contributed by atoms with Crippen molar-refractivity contribution in [1.29, 1.82) is 0 Å². The molecule has 0 heterocycles. The molecule has 94 valence electrons. The van der Waals surface area contributed by atoms with Gasteiger partial charge in [0.15, 0.2) is 0 Å². The summed E-state index contributed by atoms with van der Waals surface area (Å²) in [7, 11) is 0. The Balaban J connectivity index is 2.04. The number of fused-ring (bicyclic) bond motifs is 1. The SMILES string of the molecule is NCc1ccc2c(Oc3ccccc3)cccc2c1. The van der Waals surface area contributed by atoms with Gasteiger partial charge in [0.05, 0.1) is 0 Å². The third-order valence-corrected chi connectivity index (χ3v) is 3.11. The molecule has 19 heavy (non-hydrogen) atoms. The van der Waals surface area contributed by atoms with Crippen LogP contribution in [-0.2, 0) is 6.54 Å². The molecule has 2 heteroatoms. The standard InChI is InChI=1S/C17H15NO/c18-12-13-9-10-16-14(11-13)5-4-8-17(16)19-15-6-2-1-3-7-15/h1-11H,12,18H2. The number of nitrogens with two attached hydrogens (primary N) is 1. The van der Waals surface area contributed by atoms with E-state index >= 15 is 0 Å². The van der Waals surface area contributed by atoms with Crippen LogP contribution in [0.15, 0.2) is 66.7 Å². The minimum absolute atomic E-state index is 0.555. The van der Waals surface area contributed by atoms with E-state index in [2.05, 4.69) is 18.2 Å². The van der Waals surface area contributed by atoms with Crippen molar-refractivity contribution in [3.8, 4) is 11.5 Å². The maximum Gasteiger partial charge on any atom is 0.135 e. The molecule has 0 bridgehead atoms. The van der Waals surface area contributed by atoms with Crippen molar-refractivity contribution >= 4 is 10.8 Å². The molecule has 2 nitrogen and oxygen atoms in total. The Morgan fingerprint density at radius 3 is 2.47 bits per heavy atom. The average Bonchev–Trinajstić information content (AvgIpc) is 2.48. The third-order valence-electron chi connectivity index (χ3n) is 3.11. The molecule has 2 N–H and O–H groups in total. The molecule has 0 saturated carbocycles. The van der Waals surface area contributed by atoms with E-state index in [1.807, 2.05) is 48.5 Å². The molecule has 0 aliphatic rings. The van der Waals surface area contributed by atoms with Gasteiger partial charge in [-0.3, -0.25) is 0 Å². The van der Waals surface area contributed by atoms with Crippen molar-refractivity contribution in [2.75, 3.05) is 0 Å². The summed E-state index contributed by atoms with van der Waals surface area (Å²) < 4.78 is 5.93. The van der Waals surface area contributed by atoms with E-state index in [1.165, 1.54) is 0 Å². The lowest BCUT2D eigenvalue weighted by Gasteiger charge is -2.09. The van der Waals surface area contributed by atoms with Crippen LogP contribution in [-0.4, -0.2) is 0 Å². The van der Waals surface area contributed by atoms with Crippen LogP contribution in [0.2, 0.25) is 0 Å². The summed E-state index contributed by atoms with van der Waals surface area (Å²) in [6, 6.07) is 22.1. The molecular weight excluding hydrogens is 234 g/mol. The van der Waals surface area contributed by atoms with E-state index in [0.717, 1.165) is 27.8 Å². The summed E-state index contributed by atoms with van der Waals surface area (Å²) in [5, 5.41) is 2.25. The van der Waals surface area contributed by atoms with Crippen LogP contribution in [0.4, 0.5) is 0 Å². The zero-order valence-electron chi connectivity index (χ0n) is 10.5. The van der Waals surface area contributed by atoms with E-state index in [4.69, 9.17) is 10.5 Å². The molecule has 0 aliphatic carbocycles. The van der Waals surface area contributed by atoms with Gasteiger partial charge in [-0.1, -0.05) is 42.5 Å². The fraction of sp³-hybridized carbons (Fsp3) is 0.0588. The summed E-state index contributed by atoms with van der Waals surface area (Å²) in [5.74, 6) is 1.71. The molecule has 0 amide bonds. The second-order valence-corrected chi connectivity index (χ2v) is 4.43. The quantitative estimate of drug-likeness (QED) is 0.758. The van der Waals surface area contributed by atoms with Crippen LogP contribution in [0.25, 0.3) is 10.8 Å². The van der Waals surface area contributed by atoms with Gasteiger partial charge in [-0.25, -0.2) is 0 Å². The van der Waals surface area contributed by atoms with Gasteiger partial charge < -0.3 is 10.5 Å². The first-order valence-electron chi connectivity index (χ1n) is 6.31. The van der Waals surface area contributed by atoms with Crippen molar-refractivity contribution in [2.45, 2.75) is 6.54 Å². The Bertz CT molecular complexity index is 692. The summed E-state index contributed by atoms with van der Waals surface area (Å²) in [4.78, 5) is 0. The molecule has 3 aromatic carbocycles. The highest BCUT2D eigenvalue weighted by atomic mass is 16.5. The molecule has 3 rings (SSSR count). The van der Waals surface area contributed by atoms with Crippen molar-refractivity contribution in [2.24, 2.45) is 5.73 Å². The lowest BCUT2D eigenvalue weighted by atomic mass is 10.1. The van der Waals surface area contributed by atoms with Crippen LogP contribution in [0.5, 0.6) is 11.5 Å². The van der Waals surface area contributed by atoms with Gasteiger partial charge in [0.1, 0.15) is 11.5 Å². The fourth-order valence-electron chi connectivity index (χ4n) is 2.13. The van der Waals surface area contributed by atoms with Crippen LogP contribution < -0.4 is 10.5 Å². The first-order chi connectivity index (χ1) is 9.36. The van der Waals surface area contributed by atoms with Gasteiger partial charge in [0.2, 0.25) is 0 Å². The normalized spacial score (nSPS) is 10.6. The van der Waals surface area contributed by atoms with Crippen molar-refractivity contribution in [3.63, 3.8) is 0 Å². The second-order valence-electron chi connectivity index (χ2n) is 4.43. The van der Waals surface area contributed by atoms with Gasteiger partial charge in [-0.2, -0.15) is 0 Å². The Hall–Kier alpha value is -2.32. The van der Waals surface area contributed by atoms with Crippen molar-refractivity contribution in [1.82, 2.24) is 0 Å². The number of hydrogen-bond acceptors (Lipinski definition) is 2. The van der Waals surface area contributed by atoms with Gasteiger partial charge >= 0.3 is 0 Å². The zero-order chi connectivity index (χ0) is 13.1. The van der Waals surface area contributed by atoms with E-state index in [9.17, 15) is 0 Å². The third kappa shape index (κ3) is 2.44. The van der Waals surface area contributed by atoms with Crippen molar-refractivity contribution < 1.29 is 4.74 Å². The first kappa shape index (κ1) is 11.8. The molecule has 0 atom stereocenters. The van der Waals surface area contributed by atoms with Gasteiger partial charge in [-0.05, 0) is 35.2 Å². The number of benzene rings is 3. The van der Waals surface area contributed by atoms with E-state index in [-0.39, 0.29) is 0 Å². The first-order valence-corrected chi connectivity index (χ1v) is 6.31. The Kier molecular flexibility index (Phi) is 3.17. The molecule has 3 aromatic rings. The Labute approximate surface area is 112 Å². The highest BCUT2D eigenvalue weighted by Crippen LogP contribution is 2.30. The van der Waals surface area contributed by atoms with Crippen LogP contribution >= 0.6 is 0 Å². The van der Waals surface area contributed by atoms with Crippen LogP contribution in [0.3, 0.4) is 0 Å². The minimum Gasteiger partial charge on any atom is -0.457 e. The largest absolute Gasteiger partial charge is 0.457 e. The Morgan fingerprint density at radius 1 is 0.842 bits per heavy atom.